The zero-order valence-electron chi connectivity index (χ0n) is 12.6. The van der Waals surface area contributed by atoms with Crippen molar-refractivity contribution in [1.82, 2.24) is 4.98 Å². The van der Waals surface area contributed by atoms with Crippen LogP contribution < -0.4 is 10.1 Å². The second-order valence-corrected chi connectivity index (χ2v) is 6.00. The van der Waals surface area contributed by atoms with Crippen LogP contribution in [-0.4, -0.2) is 16.0 Å². The van der Waals surface area contributed by atoms with Gasteiger partial charge in [-0.15, -0.1) is 0 Å². The maximum atomic E-state index is 12.7. The van der Waals surface area contributed by atoms with Crippen LogP contribution in [0.1, 0.15) is 5.56 Å². The smallest absolute Gasteiger partial charge is 0.410 e. The number of amides is 1. The summed E-state index contributed by atoms with van der Waals surface area (Å²) in [5.41, 5.74) is -0.674. The van der Waals surface area contributed by atoms with Crippen LogP contribution in [0.4, 0.5) is 28.8 Å². The Morgan fingerprint density at radius 2 is 1.88 bits per heavy atom. The summed E-state index contributed by atoms with van der Waals surface area (Å²) < 4.78 is 43.3. The van der Waals surface area contributed by atoms with Crippen LogP contribution in [0.5, 0.6) is 5.75 Å². The van der Waals surface area contributed by atoms with Crippen LogP contribution in [0.25, 0.3) is 10.2 Å². The summed E-state index contributed by atoms with van der Waals surface area (Å²) in [5.74, 6) is 0.0635. The molecule has 1 N–H and O–H groups in total. The number of benzene rings is 2. The highest BCUT2D eigenvalue weighted by Crippen LogP contribution is 2.34. The van der Waals surface area contributed by atoms with Crippen LogP contribution in [0.2, 0.25) is 0 Å². The third-order valence-electron chi connectivity index (χ3n) is 3.18. The van der Waals surface area contributed by atoms with Gasteiger partial charge in [0.15, 0.2) is 5.13 Å². The van der Waals surface area contributed by atoms with E-state index in [1.807, 2.05) is 0 Å². The maximum absolute atomic E-state index is 12.7. The van der Waals surface area contributed by atoms with Crippen LogP contribution in [0, 0.1) is 10.1 Å². The van der Waals surface area contributed by atoms with Crippen molar-refractivity contribution in [3.05, 3.63) is 58.1 Å². The summed E-state index contributed by atoms with van der Waals surface area (Å²) in [6.45, 7) is 0. The van der Waals surface area contributed by atoms with E-state index in [0.717, 1.165) is 23.5 Å². The second-order valence-electron chi connectivity index (χ2n) is 4.96. The third-order valence-corrected chi connectivity index (χ3v) is 4.12. The van der Waals surface area contributed by atoms with Gasteiger partial charge >= 0.3 is 12.3 Å². The number of rotatable bonds is 3. The van der Waals surface area contributed by atoms with Crippen molar-refractivity contribution in [2.75, 3.05) is 5.32 Å². The number of ether oxygens (including phenoxy) is 1. The van der Waals surface area contributed by atoms with Crippen LogP contribution >= 0.6 is 11.3 Å². The minimum Gasteiger partial charge on any atom is -0.410 e. The average Bonchev–Trinajstić information content (AvgIpc) is 2.95. The van der Waals surface area contributed by atoms with Crippen molar-refractivity contribution in [1.29, 1.82) is 0 Å². The molecule has 26 heavy (non-hydrogen) atoms. The molecule has 1 aromatic heterocycles. The van der Waals surface area contributed by atoms with Gasteiger partial charge in [0.2, 0.25) is 0 Å². The highest BCUT2D eigenvalue weighted by Gasteiger charge is 2.30. The summed E-state index contributed by atoms with van der Waals surface area (Å²) in [6, 6.07) is 7.87. The number of halogens is 3. The minimum atomic E-state index is -4.47. The molecule has 0 aliphatic heterocycles. The summed E-state index contributed by atoms with van der Waals surface area (Å²) in [7, 11) is 0. The first-order valence-electron chi connectivity index (χ1n) is 6.93. The van der Waals surface area contributed by atoms with E-state index in [4.69, 9.17) is 4.74 Å². The summed E-state index contributed by atoms with van der Waals surface area (Å²) >= 11 is 0.860. The Balaban J connectivity index is 1.71. The van der Waals surface area contributed by atoms with Crippen molar-refractivity contribution in [3.63, 3.8) is 0 Å². The van der Waals surface area contributed by atoms with Gasteiger partial charge in [0, 0.05) is 12.1 Å². The molecule has 0 spiro atoms. The first-order chi connectivity index (χ1) is 12.2. The number of nitro groups is 1. The molecule has 0 fully saturated rings. The number of nitrogens with one attached hydrogen (secondary N) is 1. The number of fused-ring (bicyclic) bond motifs is 1. The third kappa shape index (κ3) is 3.88. The highest BCUT2D eigenvalue weighted by molar-refractivity contribution is 7.22. The lowest BCUT2D eigenvalue weighted by molar-refractivity contribution is -0.384. The number of carbonyl (C=O) groups is 1. The van der Waals surface area contributed by atoms with E-state index in [-0.39, 0.29) is 21.3 Å². The number of hydrogen-bond acceptors (Lipinski definition) is 6. The molecule has 134 valence electrons. The van der Waals surface area contributed by atoms with Gasteiger partial charge in [0.25, 0.3) is 5.69 Å². The molecule has 1 amide bonds. The molecular weight excluding hydrogens is 375 g/mol. The molecule has 0 unspecified atom stereocenters. The van der Waals surface area contributed by atoms with Crippen molar-refractivity contribution < 1.29 is 27.6 Å². The van der Waals surface area contributed by atoms with E-state index in [2.05, 4.69) is 10.3 Å². The lowest BCUT2D eigenvalue weighted by atomic mass is 10.2. The lowest BCUT2D eigenvalue weighted by Crippen LogP contribution is -2.16. The fraction of sp³-hybridized carbons (Fsp3) is 0.0667. The number of aromatic nitrogens is 1. The van der Waals surface area contributed by atoms with Gasteiger partial charge in [0.05, 0.1) is 20.7 Å². The van der Waals surface area contributed by atoms with E-state index < -0.39 is 22.8 Å². The number of hydrogen-bond donors (Lipinski definition) is 1. The van der Waals surface area contributed by atoms with Gasteiger partial charge in [-0.2, -0.15) is 13.2 Å². The Bertz CT molecular complexity index is 986. The molecule has 0 saturated carbocycles. The van der Waals surface area contributed by atoms with Crippen molar-refractivity contribution in [2.24, 2.45) is 0 Å². The molecular formula is C15H8F3N3O4S. The number of thiazole rings is 1. The minimum absolute atomic E-state index is 0.0613. The Kier molecular flexibility index (Phi) is 4.47. The molecule has 0 radical (unpaired) electrons. The monoisotopic (exact) mass is 383 g/mol. The predicted molar refractivity (Wildman–Crippen MR) is 87.4 cm³/mol. The molecule has 0 bridgehead atoms. The molecule has 3 aromatic rings. The van der Waals surface area contributed by atoms with E-state index in [0.29, 0.717) is 5.52 Å². The Morgan fingerprint density at radius 1 is 1.19 bits per heavy atom. The molecule has 0 aliphatic rings. The largest absolute Gasteiger partial charge is 0.418 e. The number of carbonyl (C=O) groups excluding carboxylic acids is 1. The first-order valence-corrected chi connectivity index (χ1v) is 7.75. The molecule has 0 atom stereocenters. The van der Waals surface area contributed by atoms with Crippen LogP contribution in [0.3, 0.4) is 0 Å². The van der Waals surface area contributed by atoms with Gasteiger partial charge in [-0.1, -0.05) is 11.3 Å². The lowest BCUT2D eigenvalue weighted by Gasteiger charge is -2.04. The quantitative estimate of drug-likeness (QED) is 0.516. The topological polar surface area (TPSA) is 94.4 Å². The molecule has 1 heterocycles. The molecule has 0 aliphatic carbocycles. The van der Waals surface area contributed by atoms with Crippen molar-refractivity contribution in [3.8, 4) is 5.75 Å². The SMILES string of the molecule is O=C(Nc1nc2ccc(C(F)(F)F)cc2s1)Oc1ccc([N+](=O)[O-])cc1. The summed E-state index contributed by atoms with van der Waals surface area (Å²) in [5, 5.41) is 12.9. The predicted octanol–water partition coefficient (Wildman–Crippen LogP) is 4.83. The Morgan fingerprint density at radius 3 is 2.50 bits per heavy atom. The van der Waals surface area contributed by atoms with Crippen LogP contribution in [0.15, 0.2) is 42.5 Å². The maximum Gasteiger partial charge on any atom is 0.418 e. The molecule has 2 aromatic carbocycles. The highest BCUT2D eigenvalue weighted by atomic mass is 32.1. The number of nitrogens with zero attached hydrogens (tertiary/aromatic N) is 2. The Labute approximate surface area is 147 Å². The van der Waals surface area contributed by atoms with Gasteiger partial charge in [-0.05, 0) is 30.3 Å². The van der Waals surface area contributed by atoms with E-state index in [1.54, 1.807) is 0 Å². The zero-order chi connectivity index (χ0) is 18.9. The van der Waals surface area contributed by atoms with E-state index in [9.17, 15) is 28.1 Å². The number of alkyl halides is 3. The van der Waals surface area contributed by atoms with Gasteiger partial charge < -0.3 is 4.74 Å². The normalized spacial score (nSPS) is 11.3. The zero-order valence-corrected chi connectivity index (χ0v) is 13.4. The van der Waals surface area contributed by atoms with E-state index >= 15 is 0 Å². The summed E-state index contributed by atoms with van der Waals surface area (Å²) in [4.78, 5) is 25.8. The van der Waals surface area contributed by atoms with Gasteiger partial charge in [-0.3, -0.25) is 15.4 Å². The fourth-order valence-electron chi connectivity index (χ4n) is 2.01. The van der Waals surface area contributed by atoms with Crippen molar-refractivity contribution in [2.45, 2.75) is 6.18 Å². The molecule has 11 heteroatoms. The standard InChI is InChI=1S/C15H8F3N3O4S/c16-15(17,18)8-1-6-11-12(7-8)26-13(19-11)20-14(22)25-10-4-2-9(3-5-10)21(23)24/h1-7H,(H,19,20,22). The number of nitro benzene ring substituents is 1. The Hall–Kier alpha value is -3.21. The second kappa shape index (κ2) is 6.59. The average molecular weight is 383 g/mol. The number of non-ortho nitro benzene ring substituents is 1. The van der Waals surface area contributed by atoms with E-state index in [1.165, 1.54) is 30.3 Å². The van der Waals surface area contributed by atoms with Crippen molar-refractivity contribution >= 4 is 38.5 Å². The molecule has 7 nitrogen and oxygen atoms in total. The fourth-order valence-corrected chi connectivity index (χ4v) is 2.90. The molecule has 3 rings (SSSR count). The van der Waals surface area contributed by atoms with Gasteiger partial charge in [0.1, 0.15) is 5.75 Å². The van der Waals surface area contributed by atoms with Crippen LogP contribution in [-0.2, 0) is 6.18 Å². The molecule has 0 saturated heterocycles. The number of anilines is 1. The first kappa shape index (κ1) is 17.6. The van der Waals surface area contributed by atoms with Gasteiger partial charge in [-0.25, -0.2) is 9.78 Å². The summed E-state index contributed by atoms with van der Waals surface area (Å²) in [6.07, 6.45) is -5.39.